The summed E-state index contributed by atoms with van der Waals surface area (Å²) in [6, 6.07) is 7.64. The van der Waals surface area contributed by atoms with E-state index in [9.17, 15) is 4.79 Å². The van der Waals surface area contributed by atoms with Crippen LogP contribution in [0.25, 0.3) is 0 Å². The second-order valence-corrected chi connectivity index (χ2v) is 3.71. The van der Waals surface area contributed by atoms with Gasteiger partial charge in [0.25, 0.3) is 0 Å². The van der Waals surface area contributed by atoms with Crippen LogP contribution in [0.4, 0.5) is 10.5 Å². The van der Waals surface area contributed by atoms with Gasteiger partial charge in [-0.15, -0.1) is 11.8 Å². The number of hydrogen-bond acceptors (Lipinski definition) is 2. The lowest BCUT2D eigenvalue weighted by molar-refractivity contribution is 0.265. The van der Waals surface area contributed by atoms with Gasteiger partial charge < -0.3 is 4.90 Å². The third-order valence-electron chi connectivity index (χ3n) is 1.72. The van der Waals surface area contributed by atoms with E-state index in [0.29, 0.717) is 0 Å². The average Bonchev–Trinajstić information content (AvgIpc) is 2.17. The number of carbonyl (C=O) groups excluding carboxylic acids is 1. The lowest BCUT2D eigenvalue weighted by atomic mass is 10.3. The van der Waals surface area contributed by atoms with Crippen molar-refractivity contribution in [3.05, 3.63) is 24.3 Å². The number of anilines is 1. The summed E-state index contributed by atoms with van der Waals surface area (Å²) in [6.07, 6.45) is 2.01. The van der Waals surface area contributed by atoms with Crippen molar-refractivity contribution in [3.8, 4) is 0 Å². The van der Waals surface area contributed by atoms with E-state index in [4.69, 9.17) is 11.6 Å². The van der Waals surface area contributed by atoms with E-state index in [0.717, 1.165) is 5.69 Å². The fourth-order valence-corrected chi connectivity index (χ4v) is 1.41. The van der Waals surface area contributed by atoms with Crippen LogP contribution in [0.2, 0.25) is 0 Å². The van der Waals surface area contributed by atoms with Gasteiger partial charge in [-0.1, -0.05) is 0 Å². The monoisotopic (exact) mass is 215 g/mol. The molecule has 0 aliphatic carbocycles. The molecule has 70 valence electrons. The van der Waals surface area contributed by atoms with E-state index in [1.807, 2.05) is 30.5 Å². The number of halogens is 1. The molecule has 0 aliphatic rings. The maximum Gasteiger partial charge on any atom is 0.320 e. The number of nitrogens with zero attached hydrogens (tertiary/aromatic N) is 1. The summed E-state index contributed by atoms with van der Waals surface area (Å²) < 4.78 is 0. The minimum absolute atomic E-state index is 0.475. The largest absolute Gasteiger partial charge is 0.320 e. The zero-order valence-electron chi connectivity index (χ0n) is 7.45. The van der Waals surface area contributed by atoms with Gasteiger partial charge in [-0.3, -0.25) is 4.79 Å². The highest BCUT2D eigenvalue weighted by Gasteiger charge is 2.06. The molecule has 1 amide bonds. The molecular formula is C9H10ClNOS. The summed E-state index contributed by atoms with van der Waals surface area (Å²) >= 11 is 6.98. The first-order valence-corrected chi connectivity index (χ1v) is 5.32. The lowest BCUT2D eigenvalue weighted by Crippen LogP contribution is -2.19. The second kappa shape index (κ2) is 4.53. The van der Waals surface area contributed by atoms with Gasteiger partial charge in [0, 0.05) is 17.6 Å². The van der Waals surface area contributed by atoms with Crippen molar-refractivity contribution in [3.63, 3.8) is 0 Å². The number of thioether (sulfide) groups is 1. The smallest absolute Gasteiger partial charge is 0.302 e. The summed E-state index contributed by atoms with van der Waals surface area (Å²) in [5, 5.41) is -0.475. The highest BCUT2D eigenvalue weighted by molar-refractivity contribution is 7.98. The molecule has 2 nitrogen and oxygen atoms in total. The lowest BCUT2D eigenvalue weighted by Gasteiger charge is -2.13. The molecule has 1 rings (SSSR count). The SMILES string of the molecule is CSc1ccc(N(C)C(=O)Cl)cc1. The Labute approximate surface area is 86.9 Å². The van der Waals surface area contributed by atoms with Crippen molar-refractivity contribution in [2.45, 2.75) is 4.90 Å². The Morgan fingerprint density at radius 3 is 2.31 bits per heavy atom. The fourth-order valence-electron chi connectivity index (χ4n) is 0.907. The van der Waals surface area contributed by atoms with Crippen LogP contribution in [0.15, 0.2) is 29.2 Å². The molecule has 13 heavy (non-hydrogen) atoms. The predicted octanol–water partition coefficient (Wildman–Crippen LogP) is 3.20. The van der Waals surface area contributed by atoms with E-state index in [-0.39, 0.29) is 0 Å². The molecule has 1 aromatic rings. The van der Waals surface area contributed by atoms with Crippen LogP contribution in [-0.2, 0) is 0 Å². The third kappa shape index (κ3) is 2.64. The van der Waals surface area contributed by atoms with Crippen LogP contribution >= 0.6 is 23.4 Å². The van der Waals surface area contributed by atoms with Crippen molar-refractivity contribution < 1.29 is 4.79 Å². The Bertz CT molecular complexity index is 299. The molecule has 0 saturated carbocycles. The number of carbonyl (C=O) groups is 1. The minimum Gasteiger partial charge on any atom is -0.302 e. The molecule has 0 atom stereocenters. The molecule has 0 N–H and O–H groups in total. The summed E-state index contributed by atoms with van der Waals surface area (Å²) in [4.78, 5) is 13.3. The van der Waals surface area contributed by atoms with Crippen molar-refractivity contribution in [1.29, 1.82) is 0 Å². The topological polar surface area (TPSA) is 20.3 Å². The molecule has 0 spiro atoms. The van der Waals surface area contributed by atoms with Gasteiger partial charge >= 0.3 is 5.37 Å². The van der Waals surface area contributed by atoms with Crippen LogP contribution < -0.4 is 4.90 Å². The molecule has 0 saturated heterocycles. The second-order valence-electron chi connectivity index (χ2n) is 2.51. The summed E-state index contributed by atoms with van der Waals surface area (Å²) in [6.45, 7) is 0. The standard InChI is InChI=1S/C9H10ClNOS/c1-11(9(10)12)7-3-5-8(13-2)6-4-7/h3-6H,1-2H3. The van der Waals surface area contributed by atoms with Crippen LogP contribution in [0, 0.1) is 0 Å². The first kappa shape index (κ1) is 10.4. The fraction of sp³-hybridized carbons (Fsp3) is 0.222. The van der Waals surface area contributed by atoms with Crippen LogP contribution in [0.5, 0.6) is 0 Å². The molecule has 0 radical (unpaired) electrons. The van der Waals surface area contributed by atoms with Crippen LogP contribution in [0.1, 0.15) is 0 Å². The number of amides is 1. The van der Waals surface area contributed by atoms with E-state index in [2.05, 4.69) is 0 Å². The van der Waals surface area contributed by atoms with Gasteiger partial charge in [0.1, 0.15) is 0 Å². The first-order chi connectivity index (χ1) is 6.15. The van der Waals surface area contributed by atoms with Gasteiger partial charge in [-0.05, 0) is 42.1 Å². The predicted molar refractivity (Wildman–Crippen MR) is 57.9 cm³/mol. The zero-order valence-corrected chi connectivity index (χ0v) is 9.02. The van der Waals surface area contributed by atoms with Gasteiger partial charge in [-0.2, -0.15) is 0 Å². The van der Waals surface area contributed by atoms with E-state index in [1.165, 1.54) is 9.80 Å². The third-order valence-corrected chi connectivity index (χ3v) is 2.72. The molecule has 0 bridgehead atoms. The van der Waals surface area contributed by atoms with Crippen LogP contribution in [-0.4, -0.2) is 18.7 Å². The maximum absolute atomic E-state index is 10.8. The Hall–Kier alpha value is -0.670. The van der Waals surface area contributed by atoms with Crippen molar-refractivity contribution in [1.82, 2.24) is 0 Å². The minimum atomic E-state index is -0.475. The van der Waals surface area contributed by atoms with Gasteiger partial charge in [0.2, 0.25) is 0 Å². The molecule has 0 aliphatic heterocycles. The molecule has 0 fully saturated rings. The molecule has 0 heterocycles. The van der Waals surface area contributed by atoms with Gasteiger partial charge in [-0.25, -0.2) is 0 Å². The highest BCUT2D eigenvalue weighted by Crippen LogP contribution is 2.20. The summed E-state index contributed by atoms with van der Waals surface area (Å²) in [7, 11) is 1.64. The number of rotatable bonds is 2. The van der Waals surface area contributed by atoms with Gasteiger partial charge in [0.05, 0.1) is 0 Å². The Morgan fingerprint density at radius 1 is 1.38 bits per heavy atom. The van der Waals surface area contributed by atoms with Crippen molar-refractivity contribution in [2.24, 2.45) is 0 Å². The highest BCUT2D eigenvalue weighted by atomic mass is 35.5. The van der Waals surface area contributed by atoms with Crippen molar-refractivity contribution >= 4 is 34.4 Å². The normalized spacial score (nSPS) is 9.77. The first-order valence-electron chi connectivity index (χ1n) is 3.72. The molecule has 0 aromatic heterocycles. The zero-order chi connectivity index (χ0) is 9.84. The maximum atomic E-state index is 10.8. The molecule has 4 heteroatoms. The van der Waals surface area contributed by atoms with E-state index >= 15 is 0 Å². The molecule has 0 unspecified atom stereocenters. The van der Waals surface area contributed by atoms with Gasteiger partial charge in [0.15, 0.2) is 0 Å². The Balaban J connectivity index is 2.85. The Morgan fingerprint density at radius 2 is 1.92 bits per heavy atom. The quantitative estimate of drug-likeness (QED) is 0.429. The van der Waals surface area contributed by atoms with E-state index < -0.39 is 5.37 Å². The summed E-state index contributed by atoms with van der Waals surface area (Å²) in [5.74, 6) is 0. The van der Waals surface area contributed by atoms with Crippen LogP contribution in [0.3, 0.4) is 0 Å². The average molecular weight is 216 g/mol. The molecular weight excluding hydrogens is 206 g/mol. The number of benzene rings is 1. The van der Waals surface area contributed by atoms with E-state index in [1.54, 1.807) is 18.8 Å². The van der Waals surface area contributed by atoms with Crippen molar-refractivity contribution in [2.75, 3.05) is 18.2 Å². The summed E-state index contributed by atoms with van der Waals surface area (Å²) in [5.41, 5.74) is 0.804. The Kier molecular flexibility index (Phi) is 3.63. The number of hydrogen-bond donors (Lipinski definition) is 0. The molecule has 1 aromatic carbocycles.